The Hall–Kier alpha value is -3.92. The molecule has 1 aromatic heterocycles. The molecule has 7 nitrogen and oxygen atoms in total. The third kappa shape index (κ3) is 3.15. The van der Waals surface area contributed by atoms with Crippen molar-refractivity contribution in [2.75, 3.05) is 13.7 Å². The summed E-state index contributed by atoms with van der Waals surface area (Å²) < 4.78 is 6.87. The Labute approximate surface area is 167 Å². The minimum Gasteiger partial charge on any atom is -0.461 e. The van der Waals surface area contributed by atoms with Crippen LogP contribution in [0.15, 0.2) is 48.8 Å². The van der Waals surface area contributed by atoms with E-state index in [1.807, 2.05) is 30.3 Å². The summed E-state index contributed by atoms with van der Waals surface area (Å²) in [5, 5.41) is 8.98. The molecule has 1 amide bonds. The summed E-state index contributed by atoms with van der Waals surface area (Å²) in [7, 11) is 1.69. The summed E-state index contributed by atoms with van der Waals surface area (Å²) in [6.45, 7) is 2.24. The van der Waals surface area contributed by atoms with Gasteiger partial charge in [0.25, 0.3) is 5.91 Å². The maximum absolute atomic E-state index is 13.0. The van der Waals surface area contributed by atoms with Gasteiger partial charge in [-0.15, -0.1) is 0 Å². The average molecular weight is 386 g/mol. The van der Waals surface area contributed by atoms with E-state index in [2.05, 4.69) is 11.1 Å². The lowest BCUT2D eigenvalue weighted by atomic mass is 10.00. The van der Waals surface area contributed by atoms with Gasteiger partial charge in [-0.3, -0.25) is 9.36 Å². The molecule has 0 atom stereocenters. The Kier molecular flexibility index (Phi) is 4.61. The third-order valence-corrected chi connectivity index (χ3v) is 4.90. The molecule has 0 saturated heterocycles. The molecule has 2 heterocycles. The quantitative estimate of drug-likeness (QED) is 0.645. The maximum atomic E-state index is 13.0. The number of esters is 1. The van der Waals surface area contributed by atoms with Crippen LogP contribution in [0.3, 0.4) is 0 Å². The number of imidazole rings is 1. The van der Waals surface area contributed by atoms with Gasteiger partial charge in [0.15, 0.2) is 5.69 Å². The Morgan fingerprint density at radius 2 is 1.93 bits per heavy atom. The van der Waals surface area contributed by atoms with Crippen molar-refractivity contribution >= 4 is 11.9 Å². The van der Waals surface area contributed by atoms with Crippen molar-refractivity contribution in [1.29, 1.82) is 5.26 Å². The maximum Gasteiger partial charge on any atom is 0.358 e. The molecule has 2 aromatic carbocycles. The van der Waals surface area contributed by atoms with E-state index in [9.17, 15) is 9.59 Å². The SMILES string of the molecule is CCOC(=O)c1ncn2c1CN(C)C(=O)c1cc(-c3ccc(C#N)cc3)ccc1-2. The van der Waals surface area contributed by atoms with Crippen molar-refractivity contribution in [2.24, 2.45) is 0 Å². The van der Waals surface area contributed by atoms with Crippen LogP contribution in [0, 0.1) is 11.3 Å². The zero-order valence-corrected chi connectivity index (χ0v) is 16.0. The summed E-state index contributed by atoms with van der Waals surface area (Å²) in [5.41, 5.74) is 4.36. The van der Waals surface area contributed by atoms with Gasteiger partial charge in [-0.1, -0.05) is 18.2 Å². The number of hydrogen-bond acceptors (Lipinski definition) is 5. The van der Waals surface area contributed by atoms with E-state index in [0.29, 0.717) is 22.5 Å². The molecular weight excluding hydrogens is 368 g/mol. The van der Waals surface area contributed by atoms with Crippen LogP contribution in [0.25, 0.3) is 16.8 Å². The first kappa shape index (κ1) is 18.4. The molecule has 1 aliphatic rings. The van der Waals surface area contributed by atoms with E-state index in [1.165, 1.54) is 0 Å². The van der Waals surface area contributed by atoms with E-state index in [4.69, 9.17) is 10.00 Å². The first-order chi connectivity index (χ1) is 14.0. The number of aromatic nitrogens is 2. The topological polar surface area (TPSA) is 88.2 Å². The lowest BCUT2D eigenvalue weighted by Crippen LogP contribution is -2.26. The molecule has 0 saturated carbocycles. The molecule has 1 aliphatic heterocycles. The highest BCUT2D eigenvalue weighted by molar-refractivity contribution is 6.00. The van der Waals surface area contributed by atoms with Gasteiger partial charge in [0.1, 0.15) is 6.33 Å². The lowest BCUT2D eigenvalue weighted by Gasteiger charge is -2.15. The second-order valence-corrected chi connectivity index (χ2v) is 6.71. The van der Waals surface area contributed by atoms with Crippen LogP contribution < -0.4 is 0 Å². The Morgan fingerprint density at radius 3 is 2.62 bits per heavy atom. The van der Waals surface area contributed by atoms with E-state index in [-0.39, 0.29) is 24.8 Å². The number of hydrogen-bond donors (Lipinski definition) is 0. The summed E-state index contributed by atoms with van der Waals surface area (Å²) >= 11 is 0. The van der Waals surface area contributed by atoms with E-state index < -0.39 is 5.97 Å². The second kappa shape index (κ2) is 7.24. The van der Waals surface area contributed by atoms with Gasteiger partial charge in [-0.25, -0.2) is 9.78 Å². The zero-order chi connectivity index (χ0) is 20.5. The minimum absolute atomic E-state index is 0.144. The molecule has 0 fully saturated rings. The highest BCUT2D eigenvalue weighted by Crippen LogP contribution is 2.30. The molecule has 0 bridgehead atoms. The zero-order valence-electron chi connectivity index (χ0n) is 16.0. The van der Waals surface area contributed by atoms with Crippen molar-refractivity contribution in [3.05, 3.63) is 71.3 Å². The highest BCUT2D eigenvalue weighted by Gasteiger charge is 2.29. The molecule has 0 aliphatic carbocycles. The van der Waals surface area contributed by atoms with Gasteiger partial charge in [0.2, 0.25) is 0 Å². The lowest BCUT2D eigenvalue weighted by molar-refractivity contribution is 0.0516. The fourth-order valence-corrected chi connectivity index (χ4v) is 3.44. The van der Waals surface area contributed by atoms with Gasteiger partial charge >= 0.3 is 5.97 Å². The van der Waals surface area contributed by atoms with Gasteiger partial charge in [-0.2, -0.15) is 5.26 Å². The van der Waals surface area contributed by atoms with E-state index >= 15 is 0 Å². The first-order valence-corrected chi connectivity index (χ1v) is 9.17. The number of carbonyl (C=O) groups is 2. The van der Waals surface area contributed by atoms with E-state index in [1.54, 1.807) is 41.9 Å². The number of carbonyl (C=O) groups excluding carboxylic acids is 2. The number of benzene rings is 2. The second-order valence-electron chi connectivity index (χ2n) is 6.71. The Bertz CT molecular complexity index is 1160. The molecule has 3 aromatic rings. The predicted octanol–water partition coefficient (Wildman–Crippen LogP) is 3.17. The highest BCUT2D eigenvalue weighted by atomic mass is 16.5. The van der Waals surface area contributed by atoms with Crippen molar-refractivity contribution < 1.29 is 14.3 Å². The van der Waals surface area contributed by atoms with Crippen molar-refractivity contribution in [2.45, 2.75) is 13.5 Å². The summed E-state index contributed by atoms with van der Waals surface area (Å²) in [6, 6.07) is 14.9. The predicted molar refractivity (Wildman–Crippen MR) is 105 cm³/mol. The van der Waals surface area contributed by atoms with Gasteiger partial charge in [0, 0.05) is 7.05 Å². The van der Waals surface area contributed by atoms with Crippen LogP contribution in [0.5, 0.6) is 0 Å². The average Bonchev–Trinajstić information content (AvgIpc) is 3.12. The fourth-order valence-electron chi connectivity index (χ4n) is 3.44. The number of nitrogens with zero attached hydrogens (tertiary/aromatic N) is 4. The standard InChI is InChI=1S/C22H18N4O3/c1-3-29-22(28)20-19-12-25(2)21(27)17-10-16(8-9-18(17)26(19)13-24-20)15-6-4-14(11-23)5-7-15/h4-10,13H,3,12H2,1-2H3. The molecule has 0 N–H and O–H groups in total. The van der Waals surface area contributed by atoms with Gasteiger partial charge < -0.3 is 9.64 Å². The van der Waals surface area contributed by atoms with Crippen LogP contribution >= 0.6 is 0 Å². The van der Waals surface area contributed by atoms with Crippen LogP contribution in [-0.2, 0) is 11.3 Å². The van der Waals surface area contributed by atoms with Crippen LogP contribution in [-0.4, -0.2) is 40.0 Å². The van der Waals surface area contributed by atoms with E-state index in [0.717, 1.165) is 11.1 Å². The molecule has 144 valence electrons. The molecular formula is C22H18N4O3. The Morgan fingerprint density at radius 1 is 1.21 bits per heavy atom. The number of rotatable bonds is 3. The normalized spacial score (nSPS) is 12.6. The molecule has 0 radical (unpaired) electrons. The van der Waals surface area contributed by atoms with Gasteiger partial charge in [-0.05, 0) is 42.3 Å². The number of fused-ring (bicyclic) bond motifs is 3. The molecule has 7 heteroatoms. The minimum atomic E-state index is -0.500. The molecule has 4 rings (SSSR count). The smallest absolute Gasteiger partial charge is 0.358 e. The van der Waals surface area contributed by atoms with Crippen LogP contribution in [0.1, 0.15) is 39.0 Å². The fraction of sp³-hybridized carbons (Fsp3) is 0.182. The summed E-state index contributed by atoms with van der Waals surface area (Å²) in [4.78, 5) is 31.1. The number of amides is 1. The summed E-state index contributed by atoms with van der Waals surface area (Å²) in [6.07, 6.45) is 1.55. The van der Waals surface area contributed by atoms with Crippen molar-refractivity contribution in [3.8, 4) is 22.9 Å². The number of ether oxygens (including phenoxy) is 1. The van der Waals surface area contributed by atoms with Gasteiger partial charge in [0.05, 0.1) is 41.7 Å². The van der Waals surface area contributed by atoms with Crippen molar-refractivity contribution in [3.63, 3.8) is 0 Å². The molecule has 0 unspecified atom stereocenters. The first-order valence-electron chi connectivity index (χ1n) is 9.17. The molecule has 29 heavy (non-hydrogen) atoms. The van der Waals surface area contributed by atoms with Crippen LogP contribution in [0.2, 0.25) is 0 Å². The summed E-state index contributed by atoms with van der Waals surface area (Å²) in [5.74, 6) is -0.645. The van der Waals surface area contributed by atoms with Crippen molar-refractivity contribution in [1.82, 2.24) is 14.5 Å². The van der Waals surface area contributed by atoms with Crippen LogP contribution in [0.4, 0.5) is 0 Å². The largest absolute Gasteiger partial charge is 0.461 e. The number of nitriles is 1. The third-order valence-electron chi connectivity index (χ3n) is 4.90. The monoisotopic (exact) mass is 386 g/mol. The molecule has 0 spiro atoms. The Balaban J connectivity index is 1.83.